The van der Waals surface area contributed by atoms with E-state index >= 15 is 0 Å². The molecule has 0 spiro atoms. The van der Waals surface area contributed by atoms with Crippen LogP contribution >= 0.6 is 0 Å². The second kappa shape index (κ2) is 8.11. The van der Waals surface area contributed by atoms with Gasteiger partial charge >= 0.3 is 6.03 Å². The summed E-state index contributed by atoms with van der Waals surface area (Å²) >= 11 is 0. The molecule has 0 saturated heterocycles. The highest BCUT2D eigenvalue weighted by Gasteiger charge is 2.20. The van der Waals surface area contributed by atoms with E-state index in [0.717, 1.165) is 42.9 Å². The molecule has 0 radical (unpaired) electrons. The molecule has 7 heteroatoms. The molecule has 1 aliphatic carbocycles. The minimum absolute atomic E-state index is 0.186. The molecule has 1 saturated carbocycles. The summed E-state index contributed by atoms with van der Waals surface area (Å²) < 4.78 is 1.91. The van der Waals surface area contributed by atoms with E-state index in [0.29, 0.717) is 19.0 Å². The number of nitrogens with zero attached hydrogens (tertiary/aromatic N) is 3. The maximum atomic E-state index is 11.9. The van der Waals surface area contributed by atoms with Gasteiger partial charge in [0.05, 0.1) is 6.10 Å². The number of aryl methyl sites for hydroxylation is 1. The Hall–Kier alpha value is -2.41. The zero-order chi connectivity index (χ0) is 17.6. The van der Waals surface area contributed by atoms with Gasteiger partial charge in [0.1, 0.15) is 11.6 Å². The first-order valence-electron chi connectivity index (χ1n) is 8.77. The second-order valence-electron chi connectivity index (χ2n) is 6.62. The Bertz CT molecular complexity index is 698. The van der Waals surface area contributed by atoms with Crippen molar-refractivity contribution < 1.29 is 9.90 Å². The zero-order valence-corrected chi connectivity index (χ0v) is 14.5. The molecule has 3 N–H and O–H groups in total. The first kappa shape index (κ1) is 17.4. The van der Waals surface area contributed by atoms with Gasteiger partial charge in [-0.05, 0) is 43.7 Å². The van der Waals surface area contributed by atoms with E-state index in [4.69, 9.17) is 0 Å². The van der Waals surface area contributed by atoms with E-state index in [9.17, 15) is 9.90 Å². The van der Waals surface area contributed by atoms with Gasteiger partial charge in [-0.25, -0.2) is 14.8 Å². The first-order valence-corrected chi connectivity index (χ1v) is 8.77. The van der Waals surface area contributed by atoms with Crippen LogP contribution in [0.5, 0.6) is 0 Å². The van der Waals surface area contributed by atoms with E-state index in [1.807, 2.05) is 29.8 Å². The number of rotatable bonds is 5. The molecule has 1 aliphatic rings. The summed E-state index contributed by atoms with van der Waals surface area (Å²) in [5.41, 5.74) is 0.935. The van der Waals surface area contributed by atoms with Crippen molar-refractivity contribution in [3.63, 3.8) is 0 Å². The number of urea groups is 1. The first-order chi connectivity index (χ1) is 12.1. The van der Waals surface area contributed by atoms with E-state index in [-0.39, 0.29) is 12.1 Å². The van der Waals surface area contributed by atoms with Crippen LogP contribution in [-0.2, 0) is 6.54 Å². The van der Waals surface area contributed by atoms with E-state index in [1.165, 1.54) is 0 Å². The third-order valence-electron chi connectivity index (χ3n) is 4.64. The topological polar surface area (TPSA) is 92.1 Å². The van der Waals surface area contributed by atoms with Crippen LogP contribution in [0, 0.1) is 12.8 Å². The third kappa shape index (κ3) is 4.79. The summed E-state index contributed by atoms with van der Waals surface area (Å²) in [6.45, 7) is 2.96. The molecule has 134 valence electrons. The average molecular weight is 343 g/mol. The minimum Gasteiger partial charge on any atom is -0.393 e. The fourth-order valence-electron chi connectivity index (χ4n) is 3.21. The van der Waals surface area contributed by atoms with Crippen LogP contribution in [0.1, 0.15) is 37.1 Å². The Morgan fingerprint density at radius 1 is 1.32 bits per heavy atom. The Morgan fingerprint density at radius 3 is 2.88 bits per heavy atom. The molecule has 25 heavy (non-hydrogen) atoms. The maximum absolute atomic E-state index is 11.9. The summed E-state index contributed by atoms with van der Waals surface area (Å²) in [7, 11) is 0. The second-order valence-corrected chi connectivity index (χ2v) is 6.62. The lowest BCUT2D eigenvalue weighted by molar-refractivity contribution is 0.101. The molecule has 1 fully saturated rings. The van der Waals surface area contributed by atoms with Crippen molar-refractivity contribution in [2.45, 2.75) is 45.3 Å². The molecule has 0 aliphatic heterocycles. The van der Waals surface area contributed by atoms with Crippen molar-refractivity contribution in [1.29, 1.82) is 0 Å². The number of aliphatic hydroxyl groups excluding tert-OH is 1. The lowest BCUT2D eigenvalue weighted by Crippen LogP contribution is -2.39. The van der Waals surface area contributed by atoms with Gasteiger partial charge in [0.2, 0.25) is 0 Å². The number of aliphatic hydroxyl groups is 1. The highest BCUT2D eigenvalue weighted by atomic mass is 16.3. The van der Waals surface area contributed by atoms with Crippen LogP contribution < -0.4 is 10.6 Å². The Kier molecular flexibility index (Phi) is 5.65. The standard InChI is InChI=1S/C18H25N5O2/c1-13-19-7-8-23(13)17-6-5-15(11-20-17)12-22-18(25)21-10-14-3-2-4-16(24)9-14/h5-8,11,14,16,24H,2-4,9-10,12H2,1H3,(H2,21,22,25). The molecule has 0 bridgehead atoms. The maximum Gasteiger partial charge on any atom is 0.315 e. The number of carbonyl (C=O) groups excluding carboxylic acids is 1. The quantitative estimate of drug-likeness (QED) is 0.773. The van der Waals surface area contributed by atoms with Crippen LogP contribution in [-0.4, -0.2) is 38.3 Å². The number of carbonyl (C=O) groups is 1. The number of amides is 2. The van der Waals surface area contributed by atoms with E-state index < -0.39 is 0 Å². The van der Waals surface area contributed by atoms with Crippen LogP contribution in [0.4, 0.5) is 4.79 Å². The molecule has 3 rings (SSSR count). The van der Waals surface area contributed by atoms with Gasteiger partial charge in [0.15, 0.2) is 0 Å². The highest BCUT2D eigenvalue weighted by Crippen LogP contribution is 2.23. The SMILES string of the molecule is Cc1nccn1-c1ccc(CNC(=O)NCC2CCCC(O)C2)cn1. The van der Waals surface area contributed by atoms with Gasteiger partial charge < -0.3 is 15.7 Å². The molecule has 2 unspecified atom stereocenters. The zero-order valence-electron chi connectivity index (χ0n) is 14.5. The lowest BCUT2D eigenvalue weighted by Gasteiger charge is -2.25. The third-order valence-corrected chi connectivity index (χ3v) is 4.64. The molecular formula is C18H25N5O2. The van der Waals surface area contributed by atoms with Crippen LogP contribution in [0.15, 0.2) is 30.7 Å². The smallest absolute Gasteiger partial charge is 0.315 e. The fraction of sp³-hybridized carbons (Fsp3) is 0.500. The van der Waals surface area contributed by atoms with Crippen molar-refractivity contribution in [1.82, 2.24) is 25.2 Å². The molecular weight excluding hydrogens is 318 g/mol. The van der Waals surface area contributed by atoms with Gasteiger partial charge in [0.25, 0.3) is 0 Å². The normalized spacial score (nSPS) is 20.2. The summed E-state index contributed by atoms with van der Waals surface area (Å²) in [6, 6.07) is 3.67. The Labute approximate surface area is 147 Å². The van der Waals surface area contributed by atoms with Crippen molar-refractivity contribution in [3.05, 3.63) is 42.1 Å². The summed E-state index contributed by atoms with van der Waals surface area (Å²) in [5, 5.41) is 15.4. The summed E-state index contributed by atoms with van der Waals surface area (Å²) in [4.78, 5) is 20.5. The number of pyridine rings is 1. The molecule has 7 nitrogen and oxygen atoms in total. The lowest BCUT2D eigenvalue weighted by atomic mass is 9.87. The fourth-order valence-corrected chi connectivity index (χ4v) is 3.21. The minimum atomic E-state index is -0.215. The van der Waals surface area contributed by atoms with Crippen LogP contribution in [0.2, 0.25) is 0 Å². The number of imidazole rings is 1. The number of hydrogen-bond donors (Lipinski definition) is 3. The van der Waals surface area contributed by atoms with E-state index in [2.05, 4.69) is 20.6 Å². The molecule has 2 heterocycles. The average Bonchev–Trinajstić information content (AvgIpc) is 3.05. The Balaban J connectivity index is 1.43. The Morgan fingerprint density at radius 2 is 2.20 bits per heavy atom. The van der Waals surface area contributed by atoms with Gasteiger partial charge in [-0.15, -0.1) is 0 Å². The van der Waals surface area contributed by atoms with Gasteiger partial charge in [-0.1, -0.05) is 12.5 Å². The van der Waals surface area contributed by atoms with Gasteiger partial charge in [-0.3, -0.25) is 4.57 Å². The molecule has 2 atom stereocenters. The monoisotopic (exact) mass is 343 g/mol. The number of aromatic nitrogens is 3. The molecule has 2 aromatic rings. The number of hydrogen-bond acceptors (Lipinski definition) is 4. The largest absolute Gasteiger partial charge is 0.393 e. The summed E-state index contributed by atoms with van der Waals surface area (Å²) in [6.07, 6.45) is 8.90. The molecule has 0 aromatic carbocycles. The predicted molar refractivity (Wildman–Crippen MR) is 94.3 cm³/mol. The van der Waals surface area contributed by atoms with E-state index in [1.54, 1.807) is 12.4 Å². The molecule has 2 aromatic heterocycles. The van der Waals surface area contributed by atoms with Gasteiger partial charge in [-0.2, -0.15) is 0 Å². The van der Waals surface area contributed by atoms with Crippen molar-refractivity contribution in [3.8, 4) is 5.82 Å². The summed E-state index contributed by atoms with van der Waals surface area (Å²) in [5.74, 6) is 2.05. The van der Waals surface area contributed by atoms with Crippen molar-refractivity contribution in [2.75, 3.05) is 6.54 Å². The van der Waals surface area contributed by atoms with Crippen molar-refractivity contribution in [2.24, 2.45) is 5.92 Å². The number of nitrogens with one attached hydrogen (secondary N) is 2. The van der Waals surface area contributed by atoms with Gasteiger partial charge in [0, 0.05) is 31.7 Å². The van der Waals surface area contributed by atoms with Crippen LogP contribution in [0.25, 0.3) is 5.82 Å². The van der Waals surface area contributed by atoms with Crippen LogP contribution in [0.3, 0.4) is 0 Å². The van der Waals surface area contributed by atoms with Crippen molar-refractivity contribution >= 4 is 6.03 Å². The highest BCUT2D eigenvalue weighted by molar-refractivity contribution is 5.73. The predicted octanol–water partition coefficient (Wildman–Crippen LogP) is 1.93. The molecule has 2 amide bonds.